The van der Waals surface area contributed by atoms with Crippen LogP contribution in [0.5, 0.6) is 11.5 Å². The fourth-order valence-corrected chi connectivity index (χ4v) is 4.91. The molecule has 0 saturated carbocycles. The molecule has 4 rings (SSSR count). The van der Waals surface area contributed by atoms with Gasteiger partial charge in [0.25, 0.3) is 0 Å². The van der Waals surface area contributed by atoms with E-state index < -0.39 is 10.8 Å². The lowest BCUT2D eigenvalue weighted by Gasteiger charge is -2.43. The molecular weight excluding hydrogens is 398 g/mol. The Balaban J connectivity index is 1.54. The molecule has 0 bridgehead atoms. The summed E-state index contributed by atoms with van der Waals surface area (Å²) in [5.74, 6) is 2.37. The van der Waals surface area contributed by atoms with Crippen LogP contribution in [0, 0.1) is 11.3 Å². The van der Waals surface area contributed by atoms with Gasteiger partial charge < -0.3 is 9.64 Å². The number of ether oxygens (including phenoxy) is 1. The van der Waals surface area contributed by atoms with Crippen molar-refractivity contribution in [2.75, 3.05) is 18.8 Å². The highest BCUT2D eigenvalue weighted by atomic mass is 35.5. The highest BCUT2D eigenvalue weighted by Crippen LogP contribution is 2.46. The summed E-state index contributed by atoms with van der Waals surface area (Å²) in [4.78, 5) is 2.16. The van der Waals surface area contributed by atoms with Gasteiger partial charge in [0, 0.05) is 25.1 Å². The molecule has 2 aliphatic rings. The normalized spacial score (nSPS) is 21.9. The molecule has 28 heavy (non-hydrogen) atoms. The van der Waals surface area contributed by atoms with Gasteiger partial charge in [-0.25, -0.2) is 0 Å². The second kappa shape index (κ2) is 7.64. The Hall–Kier alpha value is -2.24. The van der Waals surface area contributed by atoms with E-state index in [9.17, 15) is 9.11 Å². The molecule has 8 heteroatoms. The van der Waals surface area contributed by atoms with Gasteiger partial charge in [-0.05, 0) is 42.7 Å². The van der Waals surface area contributed by atoms with Gasteiger partial charge in [-0.3, -0.25) is 9.11 Å². The zero-order chi connectivity index (χ0) is 19.7. The highest BCUT2D eigenvalue weighted by molar-refractivity contribution is 8.23. The van der Waals surface area contributed by atoms with Crippen LogP contribution in [0.2, 0.25) is 5.02 Å². The number of nitrogens with zero attached hydrogens (tertiary/aromatic N) is 3. The van der Waals surface area contributed by atoms with E-state index in [-0.39, 0.29) is 5.92 Å². The molecule has 1 unspecified atom stereocenters. The van der Waals surface area contributed by atoms with Crippen molar-refractivity contribution in [2.24, 2.45) is 4.40 Å². The number of fused-ring (bicyclic) bond motifs is 1. The van der Waals surface area contributed by atoms with Crippen LogP contribution < -0.4 is 4.74 Å². The van der Waals surface area contributed by atoms with Gasteiger partial charge >= 0.3 is 0 Å². The summed E-state index contributed by atoms with van der Waals surface area (Å²) in [6.07, 6.45) is 1.97. The van der Waals surface area contributed by atoms with Gasteiger partial charge in [0.1, 0.15) is 23.4 Å². The highest BCUT2D eigenvalue weighted by Gasteiger charge is 2.33. The number of rotatable bonds is 3. The molecule has 0 radical (unpaired) electrons. The molecule has 2 aliphatic heterocycles. The summed E-state index contributed by atoms with van der Waals surface area (Å²) < 4.78 is 30.1. The first-order chi connectivity index (χ1) is 13.4. The largest absolute Gasteiger partial charge is 0.457 e. The Kier molecular flexibility index (Phi) is 5.21. The number of halogens is 1. The predicted octanol–water partition coefficient (Wildman–Crippen LogP) is 5.26. The predicted molar refractivity (Wildman–Crippen MR) is 111 cm³/mol. The number of hydrogen-bond acceptors (Lipinski definition) is 6. The molecule has 6 nitrogen and oxygen atoms in total. The van der Waals surface area contributed by atoms with Crippen LogP contribution in [0.15, 0.2) is 46.9 Å². The fourth-order valence-electron chi connectivity index (χ4n) is 3.60. The summed E-state index contributed by atoms with van der Waals surface area (Å²) in [6.45, 7) is 1.55. The van der Waals surface area contributed by atoms with Crippen LogP contribution in [0.25, 0.3) is 0 Å². The van der Waals surface area contributed by atoms with Gasteiger partial charge in [-0.15, -0.1) is 4.40 Å². The van der Waals surface area contributed by atoms with E-state index in [0.29, 0.717) is 34.4 Å². The van der Waals surface area contributed by atoms with Gasteiger partial charge in [0.05, 0.1) is 16.3 Å². The minimum Gasteiger partial charge on any atom is -0.457 e. The van der Waals surface area contributed by atoms with Crippen molar-refractivity contribution >= 4 is 28.2 Å². The summed E-state index contributed by atoms with van der Waals surface area (Å²) >= 11 is 6.05. The summed E-state index contributed by atoms with van der Waals surface area (Å²) in [7, 11) is -2.87. The van der Waals surface area contributed by atoms with Crippen LogP contribution >= 0.6 is 22.4 Å². The minimum absolute atomic E-state index is 0.0543. The SMILES string of the molecule is N#Cc1ccc(Oc2ccc(C3CCCN4CCS(O)(O)N=C34)cc2)cc1Cl. The zero-order valence-electron chi connectivity index (χ0n) is 15.1. The Labute approximate surface area is 170 Å². The van der Waals surface area contributed by atoms with Crippen molar-refractivity contribution in [3.05, 3.63) is 58.6 Å². The third-order valence-electron chi connectivity index (χ3n) is 5.01. The lowest BCUT2D eigenvalue weighted by Crippen LogP contribution is -2.45. The molecule has 0 spiro atoms. The smallest absolute Gasteiger partial charge is 0.132 e. The van der Waals surface area contributed by atoms with Crippen molar-refractivity contribution in [3.63, 3.8) is 0 Å². The van der Waals surface area contributed by atoms with Crippen LogP contribution in [-0.4, -0.2) is 38.7 Å². The van der Waals surface area contributed by atoms with Crippen molar-refractivity contribution in [2.45, 2.75) is 18.8 Å². The first kappa shape index (κ1) is 19.1. The first-order valence-electron chi connectivity index (χ1n) is 9.03. The summed E-state index contributed by atoms with van der Waals surface area (Å²) in [6, 6.07) is 14.7. The third kappa shape index (κ3) is 3.96. The van der Waals surface area contributed by atoms with Gasteiger partial charge in [0.15, 0.2) is 0 Å². The number of benzene rings is 2. The van der Waals surface area contributed by atoms with E-state index in [0.717, 1.165) is 30.8 Å². The van der Waals surface area contributed by atoms with Crippen molar-refractivity contribution in [1.29, 1.82) is 5.26 Å². The molecule has 0 aliphatic carbocycles. The monoisotopic (exact) mass is 417 g/mol. The molecular formula is C20H20ClN3O3S. The van der Waals surface area contributed by atoms with Crippen molar-refractivity contribution in [3.8, 4) is 17.6 Å². The molecule has 146 valence electrons. The van der Waals surface area contributed by atoms with E-state index in [1.165, 1.54) is 0 Å². The van der Waals surface area contributed by atoms with Gasteiger partial charge in [-0.2, -0.15) is 5.26 Å². The minimum atomic E-state index is -2.87. The molecule has 0 amide bonds. The molecule has 1 atom stereocenters. The van der Waals surface area contributed by atoms with Crippen molar-refractivity contribution < 1.29 is 13.8 Å². The maximum atomic E-state index is 10.0. The van der Waals surface area contributed by atoms with Crippen molar-refractivity contribution in [1.82, 2.24) is 4.90 Å². The number of nitriles is 1. The molecule has 2 aromatic rings. The average Bonchev–Trinajstić information content (AvgIpc) is 2.68. The van der Waals surface area contributed by atoms with E-state index in [1.807, 2.05) is 30.3 Å². The molecule has 2 heterocycles. The lowest BCUT2D eigenvalue weighted by molar-refractivity contribution is 0.356. The van der Waals surface area contributed by atoms with E-state index in [1.54, 1.807) is 18.2 Å². The van der Waals surface area contributed by atoms with Gasteiger partial charge in [0.2, 0.25) is 0 Å². The van der Waals surface area contributed by atoms with Gasteiger partial charge in [-0.1, -0.05) is 34.5 Å². The number of amidine groups is 1. The second-order valence-corrected chi connectivity index (χ2v) is 9.15. The quantitative estimate of drug-likeness (QED) is 0.710. The van der Waals surface area contributed by atoms with E-state index in [2.05, 4.69) is 9.30 Å². The second-order valence-electron chi connectivity index (χ2n) is 6.89. The summed E-state index contributed by atoms with van der Waals surface area (Å²) in [5, 5.41) is 9.30. The molecule has 2 N–H and O–H groups in total. The van der Waals surface area contributed by atoms with Crippen LogP contribution in [0.3, 0.4) is 0 Å². The number of piperidine rings is 1. The number of hydrogen-bond donors (Lipinski definition) is 2. The Bertz CT molecular complexity index is 956. The average molecular weight is 418 g/mol. The Morgan fingerprint density at radius 3 is 2.61 bits per heavy atom. The van der Waals surface area contributed by atoms with Crippen LogP contribution in [-0.2, 0) is 0 Å². The molecule has 1 fully saturated rings. The molecule has 2 aromatic carbocycles. The zero-order valence-corrected chi connectivity index (χ0v) is 16.7. The topological polar surface area (TPSA) is 89.1 Å². The molecule has 1 saturated heterocycles. The maximum Gasteiger partial charge on any atom is 0.132 e. The third-order valence-corrected chi connectivity index (χ3v) is 6.53. The van der Waals surface area contributed by atoms with E-state index in [4.69, 9.17) is 21.6 Å². The maximum absolute atomic E-state index is 10.0. The summed E-state index contributed by atoms with van der Waals surface area (Å²) in [5.41, 5.74) is 1.48. The first-order valence-corrected chi connectivity index (χ1v) is 11.1. The Morgan fingerprint density at radius 1 is 1.14 bits per heavy atom. The molecule has 0 aromatic heterocycles. The standard InChI is InChI=1S/C20H20ClN3O3S/c21-19-12-17(8-5-15(19)13-22)27-16-6-3-14(4-7-16)18-2-1-9-24-10-11-28(25,26)23-20(18)24/h3-8,12,18,25-26H,1-2,9-11H2. The lowest BCUT2D eigenvalue weighted by atomic mass is 9.89. The van der Waals surface area contributed by atoms with E-state index >= 15 is 0 Å². The van der Waals surface area contributed by atoms with Crippen LogP contribution in [0.1, 0.15) is 29.9 Å². The Morgan fingerprint density at radius 2 is 1.89 bits per heavy atom. The van der Waals surface area contributed by atoms with Crippen LogP contribution in [0.4, 0.5) is 0 Å². The fraction of sp³-hybridized carbons (Fsp3) is 0.300.